The molecular weight excluding hydrogens is 228 g/mol. The van der Waals surface area contributed by atoms with Gasteiger partial charge in [-0.25, -0.2) is 9.59 Å². The molecule has 0 aliphatic carbocycles. The second-order valence-electron chi connectivity index (χ2n) is 3.80. The van der Waals surface area contributed by atoms with Gasteiger partial charge in [-0.1, -0.05) is 13.2 Å². The van der Waals surface area contributed by atoms with E-state index in [1.165, 1.54) is 13.8 Å². The highest BCUT2D eigenvalue weighted by atomic mass is 28.4. The van der Waals surface area contributed by atoms with Crippen LogP contribution in [0.15, 0.2) is 24.3 Å². The number of hydrogen-bond acceptors (Lipinski definition) is 5. The monoisotopic (exact) mass is 244 g/mol. The predicted octanol–water partition coefficient (Wildman–Crippen LogP) is 1.86. The first kappa shape index (κ1) is 14.6. The fraction of sp³-hybridized carbons (Fsp3) is 0.400. The summed E-state index contributed by atoms with van der Waals surface area (Å²) in [7, 11) is -2.83. The Morgan fingerprint density at radius 2 is 1.44 bits per heavy atom. The third-order valence-corrected chi connectivity index (χ3v) is 2.52. The smallest absolute Gasteiger partial charge is 0.442 e. The van der Waals surface area contributed by atoms with Crippen LogP contribution < -0.4 is 0 Å². The SMILES string of the molecule is C=C(C)C(=O)OO[Si](C)(C)OC(=O)C(=C)C. The van der Waals surface area contributed by atoms with Crippen LogP contribution in [-0.4, -0.2) is 20.5 Å². The van der Waals surface area contributed by atoms with Crippen molar-refractivity contribution in [2.45, 2.75) is 26.9 Å². The molecule has 0 aromatic carbocycles. The summed E-state index contributed by atoms with van der Waals surface area (Å²) in [4.78, 5) is 26.7. The lowest BCUT2D eigenvalue weighted by atomic mass is 10.4. The van der Waals surface area contributed by atoms with Gasteiger partial charge in [0.15, 0.2) is 0 Å². The van der Waals surface area contributed by atoms with Gasteiger partial charge >= 0.3 is 20.5 Å². The number of carbonyl (C=O) groups excluding carboxylic acids is 2. The van der Waals surface area contributed by atoms with E-state index >= 15 is 0 Å². The van der Waals surface area contributed by atoms with Crippen LogP contribution in [0.25, 0.3) is 0 Å². The second-order valence-corrected chi connectivity index (χ2v) is 6.97. The maximum Gasteiger partial charge on any atom is 0.442 e. The normalized spacial score (nSPS) is 10.5. The van der Waals surface area contributed by atoms with Crippen molar-refractivity contribution < 1.29 is 23.5 Å². The highest BCUT2D eigenvalue weighted by Crippen LogP contribution is 2.10. The van der Waals surface area contributed by atoms with Gasteiger partial charge in [-0.2, -0.15) is 4.58 Å². The predicted molar refractivity (Wildman–Crippen MR) is 60.4 cm³/mol. The van der Waals surface area contributed by atoms with Gasteiger partial charge in [0, 0.05) is 11.1 Å². The highest BCUT2D eigenvalue weighted by molar-refractivity contribution is 6.66. The van der Waals surface area contributed by atoms with Gasteiger partial charge in [0.2, 0.25) is 0 Å². The van der Waals surface area contributed by atoms with Gasteiger partial charge in [0.05, 0.1) is 0 Å². The maximum absolute atomic E-state index is 11.2. The van der Waals surface area contributed by atoms with E-state index in [-0.39, 0.29) is 11.1 Å². The summed E-state index contributed by atoms with van der Waals surface area (Å²) in [5.41, 5.74) is 0.464. The van der Waals surface area contributed by atoms with Crippen molar-refractivity contribution in [1.29, 1.82) is 0 Å². The molecule has 0 fully saturated rings. The lowest BCUT2D eigenvalue weighted by Crippen LogP contribution is -2.38. The fourth-order valence-corrected chi connectivity index (χ4v) is 1.47. The average Bonchev–Trinajstić information content (AvgIpc) is 2.13. The van der Waals surface area contributed by atoms with Gasteiger partial charge in [0.25, 0.3) is 0 Å². The zero-order valence-corrected chi connectivity index (χ0v) is 11.0. The van der Waals surface area contributed by atoms with Crippen molar-refractivity contribution in [1.82, 2.24) is 0 Å². The molecule has 0 aliphatic rings. The molecule has 0 amide bonds. The molecule has 6 heteroatoms. The van der Waals surface area contributed by atoms with Crippen LogP contribution in [0.4, 0.5) is 0 Å². The van der Waals surface area contributed by atoms with E-state index in [4.69, 9.17) is 9.00 Å². The van der Waals surface area contributed by atoms with Crippen molar-refractivity contribution in [3.05, 3.63) is 24.3 Å². The van der Waals surface area contributed by atoms with E-state index in [0.29, 0.717) is 0 Å². The molecule has 0 heterocycles. The van der Waals surface area contributed by atoms with Crippen LogP contribution in [-0.2, 0) is 23.5 Å². The number of hydrogen-bond donors (Lipinski definition) is 0. The van der Waals surface area contributed by atoms with E-state index in [2.05, 4.69) is 18.0 Å². The lowest BCUT2D eigenvalue weighted by molar-refractivity contribution is -0.222. The van der Waals surface area contributed by atoms with Crippen LogP contribution in [0.5, 0.6) is 0 Å². The Morgan fingerprint density at radius 1 is 1.00 bits per heavy atom. The first-order chi connectivity index (χ1) is 7.15. The molecule has 16 heavy (non-hydrogen) atoms. The fourth-order valence-electron chi connectivity index (χ4n) is 0.537. The van der Waals surface area contributed by atoms with Crippen molar-refractivity contribution in [3.8, 4) is 0 Å². The van der Waals surface area contributed by atoms with Crippen LogP contribution >= 0.6 is 0 Å². The molecule has 0 aromatic rings. The minimum absolute atomic E-state index is 0.205. The molecule has 0 unspecified atom stereocenters. The Balaban J connectivity index is 4.25. The Kier molecular flexibility index (Phi) is 5.13. The molecule has 0 rings (SSSR count). The van der Waals surface area contributed by atoms with Gasteiger partial charge in [-0.15, -0.1) is 0 Å². The molecule has 0 aliphatic heterocycles. The van der Waals surface area contributed by atoms with E-state index in [9.17, 15) is 9.59 Å². The Labute approximate surface area is 95.9 Å². The van der Waals surface area contributed by atoms with E-state index in [0.717, 1.165) is 0 Å². The van der Waals surface area contributed by atoms with Gasteiger partial charge in [-0.3, -0.25) is 0 Å². The topological polar surface area (TPSA) is 61.8 Å². The summed E-state index contributed by atoms with van der Waals surface area (Å²) >= 11 is 0. The second kappa shape index (κ2) is 5.62. The molecule has 0 saturated heterocycles. The molecule has 0 saturated carbocycles. The molecule has 90 valence electrons. The summed E-state index contributed by atoms with van der Waals surface area (Å²) in [6.45, 7) is 13.0. The van der Waals surface area contributed by atoms with Crippen LogP contribution in [0.3, 0.4) is 0 Å². The Bertz CT molecular complexity index is 332. The molecule has 0 aromatic heterocycles. The molecule has 0 bridgehead atoms. The molecular formula is C10H16O5Si. The summed E-state index contributed by atoms with van der Waals surface area (Å²) in [6.07, 6.45) is 0. The van der Waals surface area contributed by atoms with Crippen molar-refractivity contribution in [2.75, 3.05) is 0 Å². The van der Waals surface area contributed by atoms with Crippen LogP contribution in [0.2, 0.25) is 13.1 Å². The lowest BCUT2D eigenvalue weighted by Gasteiger charge is -2.20. The van der Waals surface area contributed by atoms with Crippen molar-refractivity contribution in [3.63, 3.8) is 0 Å². The van der Waals surface area contributed by atoms with Crippen LogP contribution in [0, 0.1) is 0 Å². The standard InChI is InChI=1S/C10H16O5Si/c1-7(2)9(11)13-15-16(5,6)14-10(12)8(3)4/h1,3H2,2,4-6H3. The summed E-state index contributed by atoms with van der Waals surface area (Å²) in [5.74, 6) is -1.25. The first-order valence-electron chi connectivity index (χ1n) is 4.60. The minimum atomic E-state index is -2.83. The Morgan fingerprint density at radius 3 is 1.81 bits per heavy atom. The van der Waals surface area contributed by atoms with Gasteiger partial charge in [-0.05, 0) is 26.9 Å². The third kappa shape index (κ3) is 5.47. The first-order valence-corrected chi connectivity index (χ1v) is 7.42. The average molecular weight is 244 g/mol. The zero-order chi connectivity index (χ0) is 12.9. The van der Waals surface area contributed by atoms with Crippen LogP contribution in [0.1, 0.15) is 13.8 Å². The third-order valence-electron chi connectivity index (χ3n) is 1.35. The largest absolute Gasteiger partial charge is 0.488 e. The van der Waals surface area contributed by atoms with Crippen molar-refractivity contribution >= 4 is 20.5 Å². The summed E-state index contributed by atoms with van der Waals surface area (Å²) in [6, 6.07) is 0. The minimum Gasteiger partial charge on any atom is -0.488 e. The summed E-state index contributed by atoms with van der Waals surface area (Å²) < 4.78 is 9.82. The zero-order valence-electron chi connectivity index (χ0n) is 9.96. The molecule has 5 nitrogen and oxygen atoms in total. The molecule has 0 atom stereocenters. The number of rotatable bonds is 5. The molecule has 0 spiro atoms. The van der Waals surface area contributed by atoms with E-state index in [1.807, 2.05) is 0 Å². The Hall–Kier alpha value is -1.40. The number of carbonyl (C=O) groups is 2. The molecule has 0 N–H and O–H groups in total. The van der Waals surface area contributed by atoms with E-state index < -0.39 is 20.5 Å². The maximum atomic E-state index is 11.2. The summed E-state index contributed by atoms with van der Waals surface area (Å²) in [5, 5.41) is 0. The van der Waals surface area contributed by atoms with Gasteiger partial charge < -0.3 is 9.31 Å². The van der Waals surface area contributed by atoms with Gasteiger partial charge in [0.1, 0.15) is 0 Å². The van der Waals surface area contributed by atoms with Crippen molar-refractivity contribution in [2.24, 2.45) is 0 Å². The molecule has 0 radical (unpaired) electrons. The van der Waals surface area contributed by atoms with E-state index in [1.54, 1.807) is 13.1 Å². The highest BCUT2D eigenvalue weighted by Gasteiger charge is 2.33. The quantitative estimate of drug-likeness (QED) is 0.320.